The summed E-state index contributed by atoms with van der Waals surface area (Å²) in [5.41, 5.74) is 1.76. The van der Waals surface area contributed by atoms with Gasteiger partial charge in [-0.2, -0.15) is 0 Å². The first-order valence-corrected chi connectivity index (χ1v) is 3.34. The zero-order chi connectivity index (χ0) is 5.40. The minimum atomic E-state index is 0.530. The number of rotatable bonds is 1. The third-order valence-corrected chi connectivity index (χ3v) is 1.89. The summed E-state index contributed by atoms with van der Waals surface area (Å²) in [5.74, 6) is 0. The third-order valence-electron chi connectivity index (χ3n) is 1.08. The molecule has 0 radical (unpaired) electrons. The molecule has 1 aromatic heterocycles. The van der Waals surface area contributed by atoms with Crippen molar-refractivity contribution in [3.8, 4) is 0 Å². The molecule has 1 saturated heterocycles. The molecule has 1 fully saturated rings. The second-order valence-corrected chi connectivity index (χ2v) is 2.60. The molecule has 3 nitrogen and oxygen atoms in total. The Morgan fingerprint density at radius 3 is 3.25 bits per heavy atom. The van der Waals surface area contributed by atoms with Crippen LogP contribution >= 0.6 is 11.3 Å². The second-order valence-electron chi connectivity index (χ2n) is 1.74. The molecule has 2 heterocycles. The number of nitrogens with zero attached hydrogens (tertiary/aromatic N) is 2. The van der Waals surface area contributed by atoms with Crippen LogP contribution in [0.25, 0.3) is 0 Å². The molecule has 0 saturated carbocycles. The summed E-state index contributed by atoms with van der Waals surface area (Å²) in [4.78, 5) is 0. The molecule has 0 aromatic carbocycles. The molecule has 42 valence electrons. The standard InChI is InChI=1S/C4H5N3S/c1-3(5-1)4-7-6-2-8-4/h2-3,5H,1H2. The topological polar surface area (TPSA) is 47.7 Å². The maximum absolute atomic E-state index is 3.88. The lowest BCUT2D eigenvalue weighted by molar-refractivity contribution is 0.959. The van der Waals surface area contributed by atoms with Crippen LogP contribution in [0.1, 0.15) is 11.0 Å². The smallest absolute Gasteiger partial charge is 0.135 e. The lowest BCUT2D eigenvalue weighted by Gasteiger charge is -1.77. The van der Waals surface area contributed by atoms with Crippen molar-refractivity contribution in [2.75, 3.05) is 6.54 Å². The molecule has 2 rings (SSSR count). The van der Waals surface area contributed by atoms with E-state index in [1.54, 1.807) is 16.8 Å². The van der Waals surface area contributed by atoms with Crippen LogP contribution in [0.5, 0.6) is 0 Å². The Morgan fingerprint density at radius 2 is 2.75 bits per heavy atom. The molecule has 4 heteroatoms. The van der Waals surface area contributed by atoms with E-state index < -0.39 is 0 Å². The van der Waals surface area contributed by atoms with Crippen molar-refractivity contribution in [2.45, 2.75) is 6.04 Å². The molecule has 0 amide bonds. The fourth-order valence-corrected chi connectivity index (χ4v) is 1.19. The number of nitrogens with one attached hydrogen (secondary N) is 1. The van der Waals surface area contributed by atoms with Gasteiger partial charge in [0, 0.05) is 6.54 Å². The lowest BCUT2D eigenvalue weighted by atomic mass is 10.5. The Bertz CT molecular complexity index is 167. The zero-order valence-electron chi connectivity index (χ0n) is 4.16. The van der Waals surface area contributed by atoms with Crippen molar-refractivity contribution in [1.82, 2.24) is 15.5 Å². The number of aromatic nitrogens is 2. The molecule has 1 N–H and O–H groups in total. The van der Waals surface area contributed by atoms with Crippen LogP contribution in [0.15, 0.2) is 5.51 Å². The highest BCUT2D eigenvalue weighted by molar-refractivity contribution is 7.09. The van der Waals surface area contributed by atoms with Crippen molar-refractivity contribution in [1.29, 1.82) is 0 Å². The molecule has 0 bridgehead atoms. The molecule has 1 unspecified atom stereocenters. The van der Waals surface area contributed by atoms with Gasteiger partial charge < -0.3 is 5.32 Å². The van der Waals surface area contributed by atoms with Gasteiger partial charge in [-0.15, -0.1) is 21.5 Å². The minimum absolute atomic E-state index is 0.530. The van der Waals surface area contributed by atoms with Crippen molar-refractivity contribution in [3.63, 3.8) is 0 Å². The van der Waals surface area contributed by atoms with Crippen LogP contribution in [0.2, 0.25) is 0 Å². The van der Waals surface area contributed by atoms with Gasteiger partial charge in [-0.3, -0.25) is 0 Å². The monoisotopic (exact) mass is 127 g/mol. The van der Waals surface area contributed by atoms with E-state index in [0.29, 0.717) is 6.04 Å². The van der Waals surface area contributed by atoms with E-state index in [1.807, 2.05) is 0 Å². The van der Waals surface area contributed by atoms with Gasteiger partial charge in [-0.05, 0) is 0 Å². The van der Waals surface area contributed by atoms with E-state index in [4.69, 9.17) is 0 Å². The number of hydrogen-bond donors (Lipinski definition) is 1. The molecule has 8 heavy (non-hydrogen) atoms. The van der Waals surface area contributed by atoms with Crippen LogP contribution in [-0.4, -0.2) is 16.7 Å². The van der Waals surface area contributed by atoms with Crippen molar-refractivity contribution >= 4 is 11.3 Å². The summed E-state index contributed by atoms with van der Waals surface area (Å²) < 4.78 is 0. The fourth-order valence-electron chi connectivity index (χ4n) is 0.567. The largest absolute Gasteiger partial charge is 0.305 e. The summed E-state index contributed by atoms with van der Waals surface area (Å²) in [5, 5.41) is 11.9. The van der Waals surface area contributed by atoms with Crippen LogP contribution in [0.4, 0.5) is 0 Å². The summed E-state index contributed by atoms with van der Waals surface area (Å²) >= 11 is 1.61. The maximum Gasteiger partial charge on any atom is 0.135 e. The van der Waals surface area contributed by atoms with Crippen LogP contribution in [0, 0.1) is 0 Å². The molecule has 1 aliphatic rings. The molecular weight excluding hydrogens is 122 g/mol. The molecule has 1 atom stereocenters. The Kier molecular flexibility index (Phi) is 0.824. The molecule has 1 aromatic rings. The van der Waals surface area contributed by atoms with Crippen LogP contribution in [0.3, 0.4) is 0 Å². The van der Waals surface area contributed by atoms with Crippen molar-refractivity contribution in [3.05, 3.63) is 10.5 Å². The Hall–Kier alpha value is -0.480. The SMILES string of the molecule is c1nnc(C2CN2)s1. The highest BCUT2D eigenvalue weighted by Gasteiger charge is 2.24. The second kappa shape index (κ2) is 1.50. The van der Waals surface area contributed by atoms with Crippen molar-refractivity contribution < 1.29 is 0 Å². The highest BCUT2D eigenvalue weighted by atomic mass is 32.1. The van der Waals surface area contributed by atoms with Gasteiger partial charge in [-0.1, -0.05) is 0 Å². The van der Waals surface area contributed by atoms with Gasteiger partial charge >= 0.3 is 0 Å². The van der Waals surface area contributed by atoms with Gasteiger partial charge in [0.25, 0.3) is 0 Å². The van der Waals surface area contributed by atoms with Gasteiger partial charge in [0.2, 0.25) is 0 Å². The van der Waals surface area contributed by atoms with E-state index in [-0.39, 0.29) is 0 Å². The van der Waals surface area contributed by atoms with Gasteiger partial charge in [-0.25, -0.2) is 0 Å². The quantitative estimate of drug-likeness (QED) is 0.547. The molecule has 0 spiro atoms. The average Bonchev–Trinajstić information content (AvgIpc) is 2.49. The normalized spacial score (nSPS) is 25.8. The summed E-state index contributed by atoms with van der Waals surface area (Å²) in [6.07, 6.45) is 0. The van der Waals surface area contributed by atoms with E-state index in [9.17, 15) is 0 Å². The molecular formula is C4H5N3S. The zero-order valence-corrected chi connectivity index (χ0v) is 4.98. The van der Waals surface area contributed by atoms with Gasteiger partial charge in [0.05, 0.1) is 6.04 Å². The maximum atomic E-state index is 3.88. The molecule has 0 aliphatic carbocycles. The minimum Gasteiger partial charge on any atom is -0.305 e. The van der Waals surface area contributed by atoms with Gasteiger partial charge in [0.15, 0.2) is 0 Å². The van der Waals surface area contributed by atoms with E-state index in [0.717, 1.165) is 11.6 Å². The third kappa shape index (κ3) is 0.617. The predicted octanol–water partition coefficient (Wildman–Crippen LogP) is 0.182. The van der Waals surface area contributed by atoms with E-state index in [2.05, 4.69) is 15.5 Å². The molecule has 1 aliphatic heterocycles. The first-order valence-electron chi connectivity index (χ1n) is 2.46. The summed E-state index contributed by atoms with van der Waals surface area (Å²) in [7, 11) is 0. The first kappa shape index (κ1) is 4.40. The van der Waals surface area contributed by atoms with Gasteiger partial charge in [0.1, 0.15) is 10.5 Å². The Morgan fingerprint density at radius 1 is 1.88 bits per heavy atom. The Labute approximate surface area is 50.8 Å². The average molecular weight is 127 g/mol. The summed E-state index contributed by atoms with van der Waals surface area (Å²) in [6.45, 7) is 1.08. The first-order chi connectivity index (χ1) is 3.97. The highest BCUT2D eigenvalue weighted by Crippen LogP contribution is 2.21. The van der Waals surface area contributed by atoms with E-state index in [1.165, 1.54) is 0 Å². The number of hydrogen-bond acceptors (Lipinski definition) is 4. The van der Waals surface area contributed by atoms with Crippen LogP contribution in [-0.2, 0) is 0 Å². The predicted molar refractivity (Wildman–Crippen MR) is 30.7 cm³/mol. The summed E-state index contributed by atoms with van der Waals surface area (Å²) in [6, 6.07) is 0.530. The van der Waals surface area contributed by atoms with Crippen molar-refractivity contribution in [2.24, 2.45) is 0 Å². The fraction of sp³-hybridized carbons (Fsp3) is 0.500. The van der Waals surface area contributed by atoms with E-state index >= 15 is 0 Å². The lowest BCUT2D eigenvalue weighted by Crippen LogP contribution is -1.80. The Balaban J connectivity index is 2.28. The van der Waals surface area contributed by atoms with Crippen LogP contribution < -0.4 is 5.32 Å².